The number of nitrogens with one attached hydrogen (secondary N) is 2. The Bertz CT molecular complexity index is 1160. The number of thioether (sulfide) groups is 1. The summed E-state index contributed by atoms with van der Waals surface area (Å²) in [6.07, 6.45) is 1.60. The lowest BCUT2D eigenvalue weighted by atomic mass is 10.2. The van der Waals surface area contributed by atoms with Gasteiger partial charge in [-0.15, -0.1) is 5.10 Å². The number of methoxy groups -OCH3 is 1. The standard InChI is InChI=1S/C20H17FN4O2S/c1-27-17-5-3-2-4-12(17)9-22-18(26)11-28-20-19-15(10-23-25-20)14-8-13(21)6-7-16(14)24-19/h2-8,10,24H,9,11H2,1H3,(H,22,26). The van der Waals surface area contributed by atoms with Gasteiger partial charge in [-0.2, -0.15) is 5.10 Å². The maximum Gasteiger partial charge on any atom is 0.230 e. The lowest BCUT2D eigenvalue weighted by Gasteiger charge is -2.09. The Labute approximate surface area is 164 Å². The van der Waals surface area contributed by atoms with Crippen LogP contribution in [0.25, 0.3) is 21.8 Å². The number of para-hydroxylation sites is 1. The number of carbonyl (C=O) groups is 1. The fraction of sp³-hybridized carbons (Fsp3) is 0.150. The SMILES string of the molecule is COc1ccccc1CNC(=O)CSc1nncc2c1[nH]c1ccc(F)cc12. The summed E-state index contributed by atoms with van der Waals surface area (Å²) in [6.45, 7) is 0.380. The number of aromatic nitrogens is 3. The lowest BCUT2D eigenvalue weighted by molar-refractivity contribution is -0.118. The number of hydrogen-bond acceptors (Lipinski definition) is 5. The Morgan fingerprint density at radius 1 is 1.25 bits per heavy atom. The van der Waals surface area contributed by atoms with Crippen LogP contribution >= 0.6 is 11.8 Å². The average molecular weight is 396 g/mol. The number of benzene rings is 2. The number of carbonyl (C=O) groups excluding carboxylic acids is 1. The van der Waals surface area contributed by atoms with Crippen LogP contribution in [0, 0.1) is 5.82 Å². The molecule has 0 radical (unpaired) electrons. The van der Waals surface area contributed by atoms with E-state index in [1.807, 2.05) is 24.3 Å². The van der Waals surface area contributed by atoms with E-state index in [-0.39, 0.29) is 17.5 Å². The molecule has 0 saturated carbocycles. The van der Waals surface area contributed by atoms with Crippen molar-refractivity contribution >= 4 is 39.5 Å². The van der Waals surface area contributed by atoms with Gasteiger partial charge in [0.1, 0.15) is 16.6 Å². The Morgan fingerprint density at radius 2 is 2.11 bits per heavy atom. The third-order valence-electron chi connectivity index (χ3n) is 4.36. The van der Waals surface area contributed by atoms with Crippen LogP contribution in [0.1, 0.15) is 5.56 Å². The zero-order valence-electron chi connectivity index (χ0n) is 15.0. The molecular formula is C20H17FN4O2S. The molecule has 2 N–H and O–H groups in total. The molecule has 142 valence electrons. The van der Waals surface area contributed by atoms with E-state index in [1.54, 1.807) is 19.4 Å². The van der Waals surface area contributed by atoms with Crippen LogP contribution in [0.2, 0.25) is 0 Å². The summed E-state index contributed by atoms with van der Waals surface area (Å²) in [5.74, 6) is 0.482. The first-order valence-corrected chi connectivity index (χ1v) is 9.58. The predicted octanol–water partition coefficient (Wildman–Crippen LogP) is 3.67. The minimum Gasteiger partial charge on any atom is -0.496 e. The molecule has 0 saturated heterocycles. The summed E-state index contributed by atoms with van der Waals surface area (Å²) >= 11 is 1.28. The van der Waals surface area contributed by atoms with Crippen LogP contribution < -0.4 is 10.1 Å². The number of rotatable bonds is 6. The van der Waals surface area contributed by atoms with Gasteiger partial charge in [0, 0.05) is 28.4 Å². The van der Waals surface area contributed by atoms with E-state index >= 15 is 0 Å². The summed E-state index contributed by atoms with van der Waals surface area (Å²) in [7, 11) is 1.60. The van der Waals surface area contributed by atoms with Crippen molar-refractivity contribution in [2.75, 3.05) is 12.9 Å². The van der Waals surface area contributed by atoms with Gasteiger partial charge in [-0.05, 0) is 24.3 Å². The van der Waals surface area contributed by atoms with Gasteiger partial charge in [-0.25, -0.2) is 4.39 Å². The molecular weight excluding hydrogens is 379 g/mol. The van der Waals surface area contributed by atoms with E-state index in [0.717, 1.165) is 33.1 Å². The molecule has 0 aliphatic carbocycles. The maximum atomic E-state index is 13.6. The summed E-state index contributed by atoms with van der Waals surface area (Å²) in [5, 5.41) is 13.1. The molecule has 0 fully saturated rings. The Morgan fingerprint density at radius 3 is 2.96 bits per heavy atom. The quantitative estimate of drug-likeness (QED) is 0.486. The number of halogens is 1. The van der Waals surface area contributed by atoms with E-state index in [9.17, 15) is 9.18 Å². The maximum absolute atomic E-state index is 13.6. The fourth-order valence-corrected chi connectivity index (χ4v) is 3.79. The third kappa shape index (κ3) is 3.63. The molecule has 0 atom stereocenters. The van der Waals surface area contributed by atoms with E-state index in [2.05, 4.69) is 20.5 Å². The highest BCUT2D eigenvalue weighted by Gasteiger charge is 2.13. The monoisotopic (exact) mass is 396 g/mol. The van der Waals surface area contributed by atoms with Crippen LogP contribution in [0.4, 0.5) is 4.39 Å². The predicted molar refractivity (Wildman–Crippen MR) is 107 cm³/mol. The summed E-state index contributed by atoms with van der Waals surface area (Å²) in [4.78, 5) is 15.5. The van der Waals surface area contributed by atoms with Crippen molar-refractivity contribution in [1.29, 1.82) is 0 Å². The van der Waals surface area contributed by atoms with Crippen molar-refractivity contribution in [1.82, 2.24) is 20.5 Å². The van der Waals surface area contributed by atoms with Gasteiger partial charge in [0.2, 0.25) is 5.91 Å². The first-order chi connectivity index (χ1) is 13.7. The second-order valence-electron chi connectivity index (χ2n) is 6.13. The van der Waals surface area contributed by atoms with E-state index in [4.69, 9.17) is 4.74 Å². The smallest absolute Gasteiger partial charge is 0.230 e. The molecule has 0 bridgehead atoms. The molecule has 2 aromatic carbocycles. The third-order valence-corrected chi connectivity index (χ3v) is 5.32. The van der Waals surface area contributed by atoms with Crippen LogP contribution in [0.5, 0.6) is 5.75 Å². The lowest BCUT2D eigenvalue weighted by Crippen LogP contribution is -2.24. The van der Waals surface area contributed by atoms with Crippen molar-refractivity contribution in [3.05, 3.63) is 60.0 Å². The Hall–Kier alpha value is -3.13. The molecule has 28 heavy (non-hydrogen) atoms. The molecule has 2 heterocycles. The van der Waals surface area contributed by atoms with Crippen LogP contribution in [0.3, 0.4) is 0 Å². The first-order valence-electron chi connectivity index (χ1n) is 8.59. The van der Waals surface area contributed by atoms with Crippen molar-refractivity contribution in [2.45, 2.75) is 11.6 Å². The number of nitrogens with zero attached hydrogens (tertiary/aromatic N) is 2. The molecule has 6 nitrogen and oxygen atoms in total. The van der Waals surface area contributed by atoms with Crippen molar-refractivity contribution in [2.24, 2.45) is 0 Å². The zero-order chi connectivity index (χ0) is 19.5. The first kappa shape index (κ1) is 18.2. The summed E-state index contributed by atoms with van der Waals surface area (Å²) in [5.41, 5.74) is 2.45. The zero-order valence-corrected chi connectivity index (χ0v) is 15.8. The molecule has 8 heteroatoms. The number of amides is 1. The van der Waals surface area contributed by atoms with E-state index in [0.29, 0.717) is 11.6 Å². The number of aromatic amines is 1. The van der Waals surface area contributed by atoms with Crippen molar-refractivity contribution < 1.29 is 13.9 Å². The number of fused-ring (bicyclic) bond motifs is 3. The van der Waals surface area contributed by atoms with Gasteiger partial charge < -0.3 is 15.0 Å². The van der Waals surface area contributed by atoms with Crippen LogP contribution in [-0.2, 0) is 11.3 Å². The normalized spacial score (nSPS) is 11.1. The molecule has 1 amide bonds. The average Bonchev–Trinajstić information content (AvgIpc) is 3.09. The molecule has 0 unspecified atom stereocenters. The molecule has 0 aliphatic heterocycles. The Kier molecular flexibility index (Phi) is 5.12. The minimum atomic E-state index is -0.310. The minimum absolute atomic E-state index is 0.128. The molecule has 0 spiro atoms. The highest BCUT2D eigenvalue weighted by Crippen LogP contribution is 2.30. The largest absolute Gasteiger partial charge is 0.496 e. The number of H-pyrrole nitrogens is 1. The molecule has 4 aromatic rings. The van der Waals surface area contributed by atoms with Crippen molar-refractivity contribution in [3.8, 4) is 5.75 Å². The molecule has 4 rings (SSSR count). The Balaban J connectivity index is 1.46. The summed E-state index contributed by atoms with van der Waals surface area (Å²) in [6, 6.07) is 12.1. The van der Waals surface area contributed by atoms with Gasteiger partial charge in [0.15, 0.2) is 0 Å². The topological polar surface area (TPSA) is 79.9 Å². The van der Waals surface area contributed by atoms with Gasteiger partial charge in [0.05, 0.1) is 24.6 Å². The number of hydrogen-bond donors (Lipinski definition) is 2. The van der Waals surface area contributed by atoms with Gasteiger partial charge in [-0.3, -0.25) is 4.79 Å². The van der Waals surface area contributed by atoms with Crippen LogP contribution in [-0.4, -0.2) is 34.0 Å². The fourth-order valence-electron chi connectivity index (χ4n) is 3.01. The summed E-state index contributed by atoms with van der Waals surface area (Å²) < 4.78 is 18.8. The van der Waals surface area contributed by atoms with Crippen molar-refractivity contribution in [3.63, 3.8) is 0 Å². The molecule has 0 aliphatic rings. The van der Waals surface area contributed by atoms with E-state index < -0.39 is 0 Å². The van der Waals surface area contributed by atoms with Gasteiger partial charge in [-0.1, -0.05) is 30.0 Å². The highest BCUT2D eigenvalue weighted by molar-refractivity contribution is 8.00. The van der Waals surface area contributed by atoms with Gasteiger partial charge >= 0.3 is 0 Å². The second-order valence-corrected chi connectivity index (χ2v) is 7.09. The highest BCUT2D eigenvalue weighted by atomic mass is 32.2. The second kappa shape index (κ2) is 7.85. The van der Waals surface area contributed by atoms with E-state index in [1.165, 1.54) is 23.9 Å². The number of ether oxygens (including phenoxy) is 1. The van der Waals surface area contributed by atoms with Crippen LogP contribution in [0.15, 0.2) is 53.7 Å². The molecule has 2 aromatic heterocycles. The van der Waals surface area contributed by atoms with Gasteiger partial charge in [0.25, 0.3) is 0 Å².